The molecule has 2 aliphatic rings. The van der Waals surface area contributed by atoms with Crippen LogP contribution in [0.1, 0.15) is 46.0 Å². The first-order valence-corrected chi connectivity index (χ1v) is 7.19. The molecule has 0 bridgehead atoms. The molecular weight excluding hydrogens is 228 g/mol. The minimum Gasteiger partial charge on any atom is -0.377 e. The number of hydrogen-bond donors (Lipinski definition) is 1. The van der Waals surface area contributed by atoms with Gasteiger partial charge in [0.25, 0.3) is 0 Å². The Balaban J connectivity index is 0.000000199. The normalized spacial score (nSPS) is 25.6. The maximum Gasteiger partial charge on any atom is 0.210 e. The van der Waals surface area contributed by atoms with E-state index in [1.165, 1.54) is 32.1 Å². The zero-order chi connectivity index (χ0) is 13.4. The largest absolute Gasteiger partial charge is 0.377 e. The molecular formula is C14H28N2O2. The van der Waals surface area contributed by atoms with Gasteiger partial charge in [-0.2, -0.15) is 0 Å². The Morgan fingerprint density at radius 1 is 1.28 bits per heavy atom. The van der Waals surface area contributed by atoms with Crippen molar-refractivity contribution < 1.29 is 9.53 Å². The van der Waals surface area contributed by atoms with E-state index in [-0.39, 0.29) is 6.04 Å². The summed E-state index contributed by atoms with van der Waals surface area (Å²) in [4.78, 5) is 12.4. The van der Waals surface area contributed by atoms with Crippen LogP contribution >= 0.6 is 0 Å². The minimum atomic E-state index is 0.279. The van der Waals surface area contributed by atoms with E-state index in [1.807, 2.05) is 4.90 Å². The smallest absolute Gasteiger partial charge is 0.210 e. The number of morpholine rings is 1. The predicted molar refractivity (Wildman–Crippen MR) is 73.3 cm³/mol. The van der Waals surface area contributed by atoms with Crippen LogP contribution in [0.5, 0.6) is 0 Å². The highest BCUT2D eigenvalue weighted by atomic mass is 16.5. The van der Waals surface area contributed by atoms with Gasteiger partial charge in [0.2, 0.25) is 6.41 Å². The van der Waals surface area contributed by atoms with Crippen LogP contribution in [0.25, 0.3) is 0 Å². The third-order valence-electron chi connectivity index (χ3n) is 3.76. The highest BCUT2D eigenvalue weighted by Crippen LogP contribution is 2.14. The van der Waals surface area contributed by atoms with E-state index in [9.17, 15) is 4.79 Å². The molecule has 0 aromatic carbocycles. The quantitative estimate of drug-likeness (QED) is 0.766. The predicted octanol–water partition coefficient (Wildman–Crippen LogP) is 1.78. The van der Waals surface area contributed by atoms with Crippen molar-refractivity contribution >= 4 is 6.41 Å². The van der Waals surface area contributed by atoms with E-state index in [2.05, 4.69) is 13.8 Å². The van der Waals surface area contributed by atoms with Crippen molar-refractivity contribution in [2.75, 3.05) is 19.8 Å². The molecule has 1 unspecified atom stereocenters. The minimum absolute atomic E-state index is 0.279. The summed E-state index contributed by atoms with van der Waals surface area (Å²) in [5, 5.41) is 0. The topological polar surface area (TPSA) is 55.6 Å². The molecule has 0 aromatic rings. The molecule has 0 radical (unpaired) electrons. The van der Waals surface area contributed by atoms with Gasteiger partial charge in [-0.1, -0.05) is 33.1 Å². The van der Waals surface area contributed by atoms with Gasteiger partial charge in [-0.3, -0.25) is 4.79 Å². The molecule has 4 heteroatoms. The lowest BCUT2D eigenvalue weighted by atomic mass is 9.97. The fourth-order valence-electron chi connectivity index (χ4n) is 2.48. The lowest BCUT2D eigenvalue weighted by molar-refractivity contribution is -0.128. The number of carbonyl (C=O) groups excluding carboxylic acids is 1. The molecule has 1 aliphatic carbocycles. The van der Waals surface area contributed by atoms with Crippen molar-refractivity contribution in [3.63, 3.8) is 0 Å². The number of ether oxygens (including phenoxy) is 1. The summed E-state index contributed by atoms with van der Waals surface area (Å²) >= 11 is 0. The molecule has 1 saturated heterocycles. The molecule has 1 aliphatic heterocycles. The summed E-state index contributed by atoms with van der Waals surface area (Å²) in [6.45, 7) is 6.33. The molecule has 2 fully saturated rings. The fourth-order valence-corrected chi connectivity index (χ4v) is 2.48. The molecule has 106 valence electrons. The van der Waals surface area contributed by atoms with Crippen LogP contribution in [0.3, 0.4) is 0 Å². The maximum atomic E-state index is 10.5. The lowest BCUT2D eigenvalue weighted by Gasteiger charge is -2.35. The second-order valence-electron chi connectivity index (χ2n) is 5.63. The van der Waals surface area contributed by atoms with Crippen LogP contribution in [0.15, 0.2) is 0 Å². The van der Waals surface area contributed by atoms with Gasteiger partial charge in [-0.25, -0.2) is 0 Å². The molecule has 0 aromatic heterocycles. The molecule has 1 amide bonds. The SMILES string of the molecule is CC(C)C1COCCN1C=O.NC1CCCCC1. The van der Waals surface area contributed by atoms with Gasteiger partial charge in [-0.15, -0.1) is 0 Å². The molecule has 2 rings (SSSR count). The second kappa shape index (κ2) is 8.48. The first-order chi connectivity index (χ1) is 8.65. The zero-order valence-electron chi connectivity index (χ0n) is 11.8. The van der Waals surface area contributed by atoms with Crippen molar-refractivity contribution in [1.82, 2.24) is 4.90 Å². The van der Waals surface area contributed by atoms with Gasteiger partial charge < -0.3 is 15.4 Å². The molecule has 1 saturated carbocycles. The summed E-state index contributed by atoms with van der Waals surface area (Å²) in [5.41, 5.74) is 5.63. The first kappa shape index (κ1) is 15.4. The fraction of sp³-hybridized carbons (Fsp3) is 0.929. The van der Waals surface area contributed by atoms with Gasteiger partial charge in [0.05, 0.1) is 19.3 Å². The Labute approximate surface area is 111 Å². The van der Waals surface area contributed by atoms with E-state index in [0.29, 0.717) is 25.2 Å². The molecule has 1 atom stereocenters. The Kier molecular flexibility index (Phi) is 7.28. The van der Waals surface area contributed by atoms with Crippen molar-refractivity contribution in [3.05, 3.63) is 0 Å². The van der Waals surface area contributed by atoms with E-state index >= 15 is 0 Å². The summed E-state index contributed by atoms with van der Waals surface area (Å²) < 4.78 is 5.27. The number of nitrogens with zero attached hydrogens (tertiary/aromatic N) is 1. The zero-order valence-corrected chi connectivity index (χ0v) is 11.8. The molecule has 18 heavy (non-hydrogen) atoms. The highest BCUT2D eigenvalue weighted by molar-refractivity contribution is 5.48. The van der Waals surface area contributed by atoms with Gasteiger partial charge in [-0.05, 0) is 18.8 Å². The van der Waals surface area contributed by atoms with Gasteiger partial charge in [0.1, 0.15) is 0 Å². The van der Waals surface area contributed by atoms with Gasteiger partial charge in [0.15, 0.2) is 0 Å². The Morgan fingerprint density at radius 2 is 1.94 bits per heavy atom. The van der Waals surface area contributed by atoms with E-state index in [1.54, 1.807) is 0 Å². The van der Waals surface area contributed by atoms with Crippen LogP contribution in [0.4, 0.5) is 0 Å². The Hall–Kier alpha value is -0.610. The van der Waals surface area contributed by atoms with E-state index in [0.717, 1.165) is 13.0 Å². The first-order valence-electron chi connectivity index (χ1n) is 7.19. The summed E-state index contributed by atoms with van der Waals surface area (Å²) in [6.07, 6.45) is 7.59. The standard InChI is InChI=1S/C8H15NO2.C6H13N/c1-7(2)8-5-11-4-3-9(8)6-10;7-6-4-2-1-3-5-6/h6-8H,3-5H2,1-2H3;6H,1-5,7H2. The average molecular weight is 256 g/mol. The molecule has 2 N–H and O–H groups in total. The monoisotopic (exact) mass is 256 g/mol. The van der Waals surface area contributed by atoms with Crippen molar-refractivity contribution in [2.45, 2.75) is 58.0 Å². The number of carbonyl (C=O) groups is 1. The number of nitrogens with two attached hydrogens (primary N) is 1. The van der Waals surface area contributed by atoms with Gasteiger partial charge >= 0.3 is 0 Å². The summed E-state index contributed by atoms with van der Waals surface area (Å²) in [7, 11) is 0. The van der Waals surface area contributed by atoms with Crippen molar-refractivity contribution in [1.29, 1.82) is 0 Å². The maximum absolute atomic E-state index is 10.5. The molecule has 0 spiro atoms. The molecule has 1 heterocycles. The van der Waals surface area contributed by atoms with E-state index in [4.69, 9.17) is 10.5 Å². The van der Waals surface area contributed by atoms with Crippen molar-refractivity contribution in [3.8, 4) is 0 Å². The van der Waals surface area contributed by atoms with Crippen LogP contribution in [0.2, 0.25) is 0 Å². The van der Waals surface area contributed by atoms with Crippen LogP contribution in [-0.4, -0.2) is 43.2 Å². The number of rotatable bonds is 2. The van der Waals surface area contributed by atoms with Crippen molar-refractivity contribution in [2.24, 2.45) is 11.7 Å². The summed E-state index contributed by atoms with van der Waals surface area (Å²) in [6, 6.07) is 0.815. The lowest BCUT2D eigenvalue weighted by Crippen LogP contribution is -2.47. The Bertz CT molecular complexity index is 228. The van der Waals surface area contributed by atoms with Crippen LogP contribution < -0.4 is 5.73 Å². The average Bonchev–Trinajstić information content (AvgIpc) is 2.40. The number of hydrogen-bond acceptors (Lipinski definition) is 3. The van der Waals surface area contributed by atoms with Crippen LogP contribution in [-0.2, 0) is 9.53 Å². The Morgan fingerprint density at radius 3 is 2.33 bits per heavy atom. The van der Waals surface area contributed by atoms with E-state index < -0.39 is 0 Å². The third kappa shape index (κ3) is 5.36. The highest BCUT2D eigenvalue weighted by Gasteiger charge is 2.23. The third-order valence-corrected chi connectivity index (χ3v) is 3.76. The number of amides is 1. The summed E-state index contributed by atoms with van der Waals surface area (Å²) in [5.74, 6) is 0.487. The molecule has 4 nitrogen and oxygen atoms in total. The van der Waals surface area contributed by atoms with Gasteiger partial charge in [0, 0.05) is 12.6 Å². The van der Waals surface area contributed by atoms with Crippen LogP contribution in [0, 0.1) is 5.92 Å². The second-order valence-corrected chi connectivity index (χ2v) is 5.63.